The van der Waals surface area contributed by atoms with Crippen molar-refractivity contribution in [3.63, 3.8) is 0 Å². The number of urea groups is 2. The summed E-state index contributed by atoms with van der Waals surface area (Å²) in [6.07, 6.45) is 0.763. The normalized spacial score (nSPS) is 17.0. The molecule has 26 heteroatoms. The second kappa shape index (κ2) is 31.4. The van der Waals surface area contributed by atoms with Crippen molar-refractivity contribution < 1.29 is 78.2 Å². The third kappa shape index (κ3) is 22.3. The molecule has 0 saturated carbocycles. The lowest BCUT2D eigenvalue weighted by atomic mass is 9.97. The molecule has 0 bridgehead atoms. The van der Waals surface area contributed by atoms with Crippen molar-refractivity contribution in [2.45, 2.75) is 69.5 Å². The maximum absolute atomic E-state index is 13.8. The lowest BCUT2D eigenvalue weighted by molar-refractivity contribution is -0.141. The van der Waals surface area contributed by atoms with Gasteiger partial charge in [-0.15, -0.1) is 0 Å². The lowest BCUT2D eigenvalue weighted by Gasteiger charge is -2.34. The average Bonchev–Trinajstić information content (AvgIpc) is 3.35. The number of ether oxygens (including phenoxy) is 1. The first-order valence-corrected chi connectivity index (χ1v) is 24.6. The highest BCUT2D eigenvalue weighted by Gasteiger charge is 2.29. The fourth-order valence-corrected chi connectivity index (χ4v) is 8.56. The second-order valence-corrected chi connectivity index (χ2v) is 18.4. The molecule has 4 rings (SSSR count). The number of nitrogens with one attached hydrogen (secondary N) is 5. The Morgan fingerprint density at radius 2 is 1.16 bits per heavy atom. The number of aliphatic carboxylic acids is 5. The standard InChI is InChI=1S/C48H70N10O16/c59-32-74-31-57-23-21-54(17-18-55(29-42(63)64)19-20-56(22-24-57)30-43(65)66)28-40(60)50-27-33-12-15-58(16-13-33)48(73)53-39(26-34-8-9-35-5-1-2-6-36(35)25-34)44(67)49-14-4-3-7-37(45(68)69)51-47(72)52-38(46(70)71)10-11-41(61)62/h1-2,5-6,8-9,25,32-33,37-39H,3-4,7,10-24,26-31H2,(H,49,67)(H,50,60)(H,53,73)(H,61,62)(H,63,64)(H,65,66)(H,68,69)(H,70,71)(H2,51,52,72)/t37-,38-,39-/m0/s1. The van der Waals surface area contributed by atoms with Crippen molar-refractivity contribution in [2.75, 3.05) is 105 Å². The number of benzene rings is 2. The number of carbonyl (C=O) groups is 10. The van der Waals surface area contributed by atoms with Crippen molar-refractivity contribution >= 4 is 71.0 Å². The van der Waals surface area contributed by atoms with Crippen LogP contribution in [0.1, 0.15) is 50.5 Å². The van der Waals surface area contributed by atoms with Gasteiger partial charge in [-0.2, -0.15) is 0 Å². The molecule has 0 aliphatic carbocycles. The van der Waals surface area contributed by atoms with Crippen LogP contribution >= 0.6 is 0 Å². The molecule has 26 nitrogen and oxygen atoms in total. The monoisotopic (exact) mass is 1040 g/mol. The van der Waals surface area contributed by atoms with E-state index in [1.54, 1.807) is 14.7 Å². The van der Waals surface area contributed by atoms with Crippen LogP contribution < -0.4 is 26.6 Å². The van der Waals surface area contributed by atoms with E-state index in [4.69, 9.17) is 9.84 Å². The number of amides is 6. The fourth-order valence-electron chi connectivity index (χ4n) is 8.56. The predicted octanol–water partition coefficient (Wildman–Crippen LogP) is -0.833. The van der Waals surface area contributed by atoms with Gasteiger partial charge in [0.15, 0.2) is 0 Å². The number of hydrogen-bond acceptors (Lipinski definition) is 15. The van der Waals surface area contributed by atoms with Crippen LogP contribution in [-0.4, -0.2) is 233 Å². The van der Waals surface area contributed by atoms with E-state index >= 15 is 0 Å². The second-order valence-electron chi connectivity index (χ2n) is 18.4. The van der Waals surface area contributed by atoms with Gasteiger partial charge in [-0.05, 0) is 60.8 Å². The van der Waals surface area contributed by atoms with Gasteiger partial charge in [-0.25, -0.2) is 19.2 Å². The molecule has 6 amide bonds. The van der Waals surface area contributed by atoms with Crippen LogP contribution in [0.5, 0.6) is 0 Å². The molecule has 2 aromatic rings. The van der Waals surface area contributed by atoms with E-state index in [-0.39, 0.29) is 77.0 Å². The molecule has 408 valence electrons. The van der Waals surface area contributed by atoms with E-state index in [1.807, 2.05) is 52.3 Å². The number of carboxylic acids is 5. The molecule has 2 aromatic carbocycles. The molecule has 0 spiro atoms. The van der Waals surface area contributed by atoms with Gasteiger partial charge in [0.2, 0.25) is 11.8 Å². The molecular formula is C48H70N10O16. The maximum atomic E-state index is 13.8. The molecule has 2 saturated heterocycles. The highest BCUT2D eigenvalue weighted by Crippen LogP contribution is 2.19. The Bertz CT molecular complexity index is 2230. The molecular weight excluding hydrogens is 973 g/mol. The summed E-state index contributed by atoms with van der Waals surface area (Å²) in [4.78, 5) is 130. The van der Waals surface area contributed by atoms with Crippen LogP contribution in [-0.2, 0) is 49.5 Å². The lowest BCUT2D eigenvalue weighted by Crippen LogP contribution is -2.54. The van der Waals surface area contributed by atoms with Gasteiger partial charge in [0.05, 0.1) is 19.6 Å². The van der Waals surface area contributed by atoms with E-state index in [0.717, 1.165) is 16.3 Å². The average molecular weight is 1040 g/mol. The van der Waals surface area contributed by atoms with Crippen LogP contribution in [0.15, 0.2) is 42.5 Å². The molecule has 0 unspecified atom stereocenters. The summed E-state index contributed by atoms with van der Waals surface area (Å²) in [5, 5.41) is 61.8. The van der Waals surface area contributed by atoms with Gasteiger partial charge in [0.25, 0.3) is 6.47 Å². The number of piperidine rings is 1. The zero-order chi connectivity index (χ0) is 54.0. The fraction of sp³-hybridized carbons (Fsp3) is 0.583. The van der Waals surface area contributed by atoms with Crippen LogP contribution in [0.4, 0.5) is 9.59 Å². The number of nitrogens with zero attached hydrogens (tertiary/aromatic N) is 5. The van der Waals surface area contributed by atoms with Gasteiger partial charge >= 0.3 is 41.9 Å². The Hall–Kier alpha value is -7.16. The number of unbranched alkanes of at least 4 members (excludes halogenated alkanes) is 1. The van der Waals surface area contributed by atoms with Gasteiger partial charge in [-0.1, -0.05) is 42.5 Å². The number of fused-ring (bicyclic) bond motifs is 1. The van der Waals surface area contributed by atoms with Crippen molar-refractivity contribution in [1.82, 2.24) is 51.1 Å². The number of carboxylic acid groups (broad SMARTS) is 5. The van der Waals surface area contributed by atoms with Gasteiger partial charge < -0.3 is 61.8 Å². The van der Waals surface area contributed by atoms with Gasteiger partial charge in [0, 0.05) is 91.4 Å². The smallest absolute Gasteiger partial charge is 0.326 e. The summed E-state index contributed by atoms with van der Waals surface area (Å²) < 4.78 is 4.99. The Morgan fingerprint density at radius 3 is 1.72 bits per heavy atom. The van der Waals surface area contributed by atoms with Crippen molar-refractivity contribution in [3.05, 3.63) is 48.0 Å². The molecule has 10 N–H and O–H groups in total. The maximum Gasteiger partial charge on any atom is 0.326 e. The molecule has 2 aliphatic heterocycles. The summed E-state index contributed by atoms with van der Waals surface area (Å²) in [6, 6.07) is 7.92. The first-order chi connectivity index (χ1) is 35.4. The number of carbonyl (C=O) groups excluding carboxylic acids is 5. The third-order valence-electron chi connectivity index (χ3n) is 12.8. The molecule has 2 fully saturated rings. The van der Waals surface area contributed by atoms with E-state index in [9.17, 15) is 68.4 Å². The topological polar surface area (TPSA) is 357 Å². The first kappa shape index (κ1) is 59.4. The Morgan fingerprint density at radius 1 is 0.608 bits per heavy atom. The number of hydrogen-bond donors (Lipinski definition) is 10. The molecule has 0 radical (unpaired) electrons. The minimum atomic E-state index is -1.55. The third-order valence-corrected chi connectivity index (χ3v) is 12.8. The SMILES string of the molecule is O=COCN1CCN(CC(=O)O)CCN(CC(=O)O)CCN(CC(=O)NCC2CCN(C(=O)N[C@@H](Cc3ccc4ccccc4c3)C(=O)NCCCC[C@H](NC(=O)N[C@@H](CCC(=O)O)C(=O)O)C(=O)O)CC2)CC1. The Labute approximate surface area is 427 Å². The van der Waals surface area contributed by atoms with Crippen LogP contribution in [0.3, 0.4) is 0 Å². The summed E-state index contributed by atoms with van der Waals surface area (Å²) in [7, 11) is 0. The highest BCUT2D eigenvalue weighted by atomic mass is 16.5. The summed E-state index contributed by atoms with van der Waals surface area (Å²) in [5.41, 5.74) is 0.791. The first-order valence-electron chi connectivity index (χ1n) is 24.6. The van der Waals surface area contributed by atoms with E-state index in [0.29, 0.717) is 84.8 Å². The Balaban J connectivity index is 1.29. The largest absolute Gasteiger partial charge is 0.481 e. The highest BCUT2D eigenvalue weighted by molar-refractivity contribution is 5.89. The van der Waals surface area contributed by atoms with E-state index < -0.39 is 78.8 Å². The Kier molecular flexibility index (Phi) is 25.2. The molecule has 74 heavy (non-hydrogen) atoms. The van der Waals surface area contributed by atoms with Crippen LogP contribution in [0.2, 0.25) is 0 Å². The molecule has 3 atom stereocenters. The predicted molar refractivity (Wildman–Crippen MR) is 264 cm³/mol. The van der Waals surface area contributed by atoms with Gasteiger partial charge in [0.1, 0.15) is 24.9 Å². The molecule has 2 aliphatic rings. The summed E-state index contributed by atoms with van der Waals surface area (Å²) >= 11 is 0. The zero-order valence-corrected chi connectivity index (χ0v) is 41.4. The number of likely N-dealkylation sites (tertiary alicyclic amines) is 1. The van der Waals surface area contributed by atoms with Crippen molar-refractivity contribution in [1.29, 1.82) is 0 Å². The van der Waals surface area contributed by atoms with Gasteiger partial charge in [-0.3, -0.25) is 48.4 Å². The van der Waals surface area contributed by atoms with Crippen molar-refractivity contribution in [2.24, 2.45) is 5.92 Å². The van der Waals surface area contributed by atoms with Crippen LogP contribution in [0.25, 0.3) is 10.8 Å². The molecule has 2 heterocycles. The quantitative estimate of drug-likeness (QED) is 0.0385. The van der Waals surface area contributed by atoms with E-state index in [2.05, 4.69) is 26.6 Å². The summed E-state index contributed by atoms with van der Waals surface area (Å²) in [6.45, 7) is 3.57. The minimum absolute atomic E-state index is 0.00444. The minimum Gasteiger partial charge on any atom is -0.481 e. The van der Waals surface area contributed by atoms with Crippen LogP contribution in [0, 0.1) is 5.92 Å². The number of rotatable bonds is 27. The summed E-state index contributed by atoms with van der Waals surface area (Å²) in [5.74, 6) is -6.88. The zero-order valence-electron chi connectivity index (χ0n) is 41.4. The van der Waals surface area contributed by atoms with E-state index in [1.165, 1.54) is 0 Å². The van der Waals surface area contributed by atoms with Crippen molar-refractivity contribution in [3.8, 4) is 0 Å². The molecule has 0 aromatic heterocycles.